The molecule has 3 rings (SSSR count). The molecule has 156 valence electrons. The standard InChI is InChI=1S/C21H26N2O5S/c1-16(19-5-3-4-6-20(19)27-2)22-21(24)18-9-7-17(8-10-18)15-29(25,26)23-11-13-28-14-12-23/h3-10,16H,11-15H2,1-2H3,(H,22,24). The van der Waals surface area contributed by atoms with Crippen molar-refractivity contribution in [3.63, 3.8) is 0 Å². The Morgan fingerprint density at radius 1 is 1.14 bits per heavy atom. The lowest BCUT2D eigenvalue weighted by atomic mass is 10.1. The molecule has 8 heteroatoms. The second-order valence-corrected chi connectivity index (χ2v) is 8.87. The predicted molar refractivity (Wildman–Crippen MR) is 110 cm³/mol. The van der Waals surface area contributed by atoms with Crippen LogP contribution in [0, 0.1) is 0 Å². The zero-order valence-corrected chi connectivity index (χ0v) is 17.4. The van der Waals surface area contributed by atoms with E-state index in [4.69, 9.17) is 9.47 Å². The maximum absolute atomic E-state index is 12.6. The number of nitrogens with one attached hydrogen (secondary N) is 1. The van der Waals surface area contributed by atoms with Gasteiger partial charge in [0.1, 0.15) is 5.75 Å². The Bertz CT molecular complexity index is 938. The van der Waals surface area contributed by atoms with Gasteiger partial charge in [0, 0.05) is 24.2 Å². The van der Waals surface area contributed by atoms with Crippen LogP contribution >= 0.6 is 0 Å². The highest BCUT2D eigenvalue weighted by Gasteiger charge is 2.24. The van der Waals surface area contributed by atoms with E-state index in [2.05, 4.69) is 5.32 Å². The molecule has 1 heterocycles. The van der Waals surface area contributed by atoms with Crippen molar-refractivity contribution in [2.45, 2.75) is 18.7 Å². The van der Waals surface area contributed by atoms with Crippen LogP contribution in [-0.2, 0) is 20.5 Å². The number of morpholine rings is 1. The summed E-state index contributed by atoms with van der Waals surface area (Å²) in [6, 6.07) is 13.9. The summed E-state index contributed by atoms with van der Waals surface area (Å²) in [5.41, 5.74) is 2.00. The number of amides is 1. The molecule has 1 aliphatic heterocycles. The van der Waals surface area contributed by atoms with Crippen LogP contribution in [0.25, 0.3) is 0 Å². The second-order valence-electron chi connectivity index (χ2n) is 6.90. The van der Waals surface area contributed by atoms with Crippen LogP contribution in [-0.4, -0.2) is 52.0 Å². The Balaban J connectivity index is 1.64. The monoisotopic (exact) mass is 418 g/mol. The van der Waals surface area contributed by atoms with E-state index in [-0.39, 0.29) is 17.7 Å². The van der Waals surface area contributed by atoms with Gasteiger partial charge in [-0.3, -0.25) is 4.79 Å². The van der Waals surface area contributed by atoms with Crippen molar-refractivity contribution in [1.82, 2.24) is 9.62 Å². The fourth-order valence-corrected chi connectivity index (χ4v) is 4.76. The number of hydrogen-bond donors (Lipinski definition) is 1. The predicted octanol–water partition coefficient (Wildman–Crippen LogP) is 2.35. The third kappa shape index (κ3) is 5.35. The molecule has 7 nitrogen and oxygen atoms in total. The Hall–Kier alpha value is -2.42. The van der Waals surface area contributed by atoms with Gasteiger partial charge in [-0.05, 0) is 30.7 Å². The Labute approximate surface area is 171 Å². The van der Waals surface area contributed by atoms with E-state index >= 15 is 0 Å². The first kappa shape index (κ1) is 21.3. The molecule has 0 spiro atoms. The molecule has 29 heavy (non-hydrogen) atoms. The van der Waals surface area contributed by atoms with Gasteiger partial charge in [-0.25, -0.2) is 8.42 Å². The summed E-state index contributed by atoms with van der Waals surface area (Å²) in [7, 11) is -1.80. The van der Waals surface area contributed by atoms with E-state index in [1.54, 1.807) is 31.4 Å². The quantitative estimate of drug-likeness (QED) is 0.746. The van der Waals surface area contributed by atoms with E-state index < -0.39 is 10.0 Å². The highest BCUT2D eigenvalue weighted by Crippen LogP contribution is 2.24. The maximum atomic E-state index is 12.6. The lowest BCUT2D eigenvalue weighted by molar-refractivity contribution is 0.0729. The summed E-state index contributed by atoms with van der Waals surface area (Å²) in [4.78, 5) is 12.6. The number of rotatable bonds is 7. The number of ether oxygens (including phenoxy) is 2. The van der Waals surface area contributed by atoms with Crippen LogP contribution in [0.3, 0.4) is 0 Å². The van der Waals surface area contributed by atoms with Crippen molar-refractivity contribution in [3.8, 4) is 5.75 Å². The smallest absolute Gasteiger partial charge is 0.251 e. The molecule has 1 amide bonds. The number of sulfonamides is 1. The summed E-state index contributed by atoms with van der Waals surface area (Å²) >= 11 is 0. The number of methoxy groups -OCH3 is 1. The number of nitrogens with zero attached hydrogens (tertiary/aromatic N) is 1. The van der Waals surface area contributed by atoms with Gasteiger partial charge in [0.25, 0.3) is 5.91 Å². The highest BCUT2D eigenvalue weighted by molar-refractivity contribution is 7.88. The second kappa shape index (κ2) is 9.39. The highest BCUT2D eigenvalue weighted by atomic mass is 32.2. The van der Waals surface area contributed by atoms with Crippen molar-refractivity contribution in [1.29, 1.82) is 0 Å². The van der Waals surface area contributed by atoms with Gasteiger partial charge in [0.2, 0.25) is 10.0 Å². The molecule has 1 fully saturated rings. The number of carbonyl (C=O) groups is 1. The van der Waals surface area contributed by atoms with Crippen LogP contribution in [0.2, 0.25) is 0 Å². The summed E-state index contributed by atoms with van der Waals surface area (Å²) in [6.45, 7) is 3.48. The van der Waals surface area contributed by atoms with Crippen molar-refractivity contribution in [3.05, 3.63) is 65.2 Å². The third-order valence-corrected chi connectivity index (χ3v) is 6.73. The van der Waals surface area contributed by atoms with Gasteiger partial charge in [-0.2, -0.15) is 4.31 Å². The van der Waals surface area contributed by atoms with E-state index in [0.29, 0.717) is 43.2 Å². The molecule has 0 aromatic heterocycles. The molecule has 0 saturated carbocycles. The van der Waals surface area contributed by atoms with Crippen LogP contribution in [0.1, 0.15) is 34.5 Å². The zero-order chi connectivity index (χ0) is 20.9. The molecule has 0 bridgehead atoms. The number of hydrogen-bond acceptors (Lipinski definition) is 5. The molecule has 1 atom stereocenters. The molecule has 2 aromatic carbocycles. The molecule has 1 saturated heterocycles. The van der Waals surface area contributed by atoms with Crippen LogP contribution < -0.4 is 10.1 Å². The Kier molecular flexibility index (Phi) is 6.89. The van der Waals surface area contributed by atoms with Crippen molar-refractivity contribution in [2.75, 3.05) is 33.4 Å². The molecular formula is C21H26N2O5S. The van der Waals surface area contributed by atoms with Crippen LogP contribution in [0.5, 0.6) is 5.75 Å². The summed E-state index contributed by atoms with van der Waals surface area (Å²) < 4.78 is 37.0. The van der Waals surface area contributed by atoms with Crippen molar-refractivity contribution in [2.24, 2.45) is 0 Å². The molecule has 2 aromatic rings. The summed E-state index contributed by atoms with van der Waals surface area (Å²) in [6.07, 6.45) is 0. The minimum absolute atomic E-state index is 0.0908. The minimum Gasteiger partial charge on any atom is -0.496 e. The SMILES string of the molecule is COc1ccccc1C(C)NC(=O)c1ccc(CS(=O)(=O)N2CCOCC2)cc1. The summed E-state index contributed by atoms with van der Waals surface area (Å²) in [5.74, 6) is 0.391. The first-order valence-electron chi connectivity index (χ1n) is 9.49. The zero-order valence-electron chi connectivity index (χ0n) is 16.6. The maximum Gasteiger partial charge on any atom is 0.251 e. The molecule has 0 radical (unpaired) electrons. The Morgan fingerprint density at radius 3 is 2.45 bits per heavy atom. The fraction of sp³-hybridized carbons (Fsp3) is 0.381. The molecular weight excluding hydrogens is 392 g/mol. The van der Waals surface area contributed by atoms with Gasteiger partial charge < -0.3 is 14.8 Å². The van der Waals surface area contributed by atoms with Gasteiger partial charge >= 0.3 is 0 Å². The van der Waals surface area contributed by atoms with E-state index in [1.807, 2.05) is 31.2 Å². The fourth-order valence-electron chi connectivity index (χ4n) is 3.26. The van der Waals surface area contributed by atoms with E-state index in [9.17, 15) is 13.2 Å². The molecule has 1 unspecified atom stereocenters. The van der Waals surface area contributed by atoms with Crippen molar-refractivity contribution < 1.29 is 22.7 Å². The molecule has 1 aliphatic rings. The molecule has 0 aliphatic carbocycles. The summed E-state index contributed by atoms with van der Waals surface area (Å²) in [5, 5.41) is 2.95. The minimum atomic E-state index is -3.39. The van der Waals surface area contributed by atoms with E-state index in [0.717, 1.165) is 5.56 Å². The van der Waals surface area contributed by atoms with Crippen molar-refractivity contribution >= 4 is 15.9 Å². The number of para-hydroxylation sites is 1. The third-order valence-electron chi connectivity index (χ3n) is 4.88. The average Bonchev–Trinajstić information content (AvgIpc) is 2.74. The number of benzene rings is 2. The van der Waals surface area contributed by atoms with Gasteiger partial charge in [0.15, 0.2) is 0 Å². The average molecular weight is 419 g/mol. The largest absolute Gasteiger partial charge is 0.496 e. The Morgan fingerprint density at radius 2 is 1.79 bits per heavy atom. The van der Waals surface area contributed by atoms with Gasteiger partial charge in [-0.1, -0.05) is 30.3 Å². The molecule has 1 N–H and O–H groups in total. The van der Waals surface area contributed by atoms with Crippen LogP contribution in [0.15, 0.2) is 48.5 Å². The van der Waals surface area contributed by atoms with E-state index in [1.165, 1.54) is 4.31 Å². The van der Waals surface area contributed by atoms with Gasteiger partial charge in [0.05, 0.1) is 32.1 Å². The van der Waals surface area contributed by atoms with Crippen LogP contribution in [0.4, 0.5) is 0 Å². The first-order chi connectivity index (χ1) is 13.9. The lowest BCUT2D eigenvalue weighted by Crippen LogP contribution is -2.41. The normalized spacial score (nSPS) is 16.2. The van der Waals surface area contributed by atoms with Gasteiger partial charge in [-0.15, -0.1) is 0 Å². The first-order valence-corrected chi connectivity index (χ1v) is 11.1. The topological polar surface area (TPSA) is 84.9 Å². The lowest BCUT2D eigenvalue weighted by Gasteiger charge is -2.26. The number of carbonyl (C=O) groups excluding carboxylic acids is 1.